The second-order valence-corrected chi connectivity index (χ2v) is 5.65. The lowest BCUT2D eigenvalue weighted by Gasteiger charge is -2.43. The molecule has 3 atom stereocenters. The van der Waals surface area contributed by atoms with Crippen LogP contribution in [-0.2, 0) is 14.9 Å². The minimum atomic E-state index is -0.0912. The van der Waals surface area contributed by atoms with Gasteiger partial charge in [0.2, 0.25) is 0 Å². The zero-order valence-corrected chi connectivity index (χ0v) is 11.5. The smallest absolute Gasteiger partial charge is 0.309 e. The van der Waals surface area contributed by atoms with Crippen LogP contribution in [-0.4, -0.2) is 13.1 Å². The van der Waals surface area contributed by atoms with E-state index in [1.807, 2.05) is 18.2 Å². The predicted octanol–water partition coefficient (Wildman–Crippen LogP) is 3.55. The summed E-state index contributed by atoms with van der Waals surface area (Å²) in [5.41, 5.74) is 1.17. The molecule has 0 radical (unpaired) electrons. The molecule has 0 unspecified atom stereocenters. The molecule has 0 spiro atoms. The predicted molar refractivity (Wildman–Crippen MR) is 72.3 cm³/mol. The lowest BCUT2D eigenvalue weighted by Crippen LogP contribution is -2.44. The summed E-state index contributed by atoms with van der Waals surface area (Å²) in [5.74, 6) is 0.295. The average Bonchev–Trinajstić information content (AvgIpc) is 2.39. The zero-order valence-electron chi connectivity index (χ0n) is 11.5. The first-order valence-electron chi connectivity index (χ1n) is 6.73. The van der Waals surface area contributed by atoms with Crippen molar-refractivity contribution in [2.45, 2.75) is 38.5 Å². The molecular formula is C16H22O2. The summed E-state index contributed by atoms with van der Waals surface area (Å²) in [4.78, 5) is 12.1. The summed E-state index contributed by atoms with van der Waals surface area (Å²) in [5, 5.41) is 0. The van der Waals surface area contributed by atoms with E-state index in [0.717, 1.165) is 12.8 Å². The van der Waals surface area contributed by atoms with Gasteiger partial charge in [-0.25, -0.2) is 0 Å². The van der Waals surface area contributed by atoms with Gasteiger partial charge in [0.1, 0.15) is 0 Å². The van der Waals surface area contributed by atoms with E-state index in [4.69, 9.17) is 4.74 Å². The Balaban J connectivity index is 2.41. The van der Waals surface area contributed by atoms with Gasteiger partial charge in [-0.05, 0) is 24.3 Å². The number of carbonyl (C=O) groups excluding carboxylic acids is 1. The number of ether oxygens (including phenoxy) is 1. The number of hydrogen-bond donors (Lipinski definition) is 0. The number of hydrogen-bond acceptors (Lipinski definition) is 2. The van der Waals surface area contributed by atoms with Crippen molar-refractivity contribution in [2.75, 3.05) is 7.11 Å². The molecule has 2 heteroatoms. The molecule has 0 amide bonds. The van der Waals surface area contributed by atoms with Gasteiger partial charge >= 0.3 is 5.97 Å². The monoisotopic (exact) mass is 246 g/mol. The highest BCUT2D eigenvalue weighted by atomic mass is 16.5. The van der Waals surface area contributed by atoms with Gasteiger partial charge in [0.15, 0.2) is 0 Å². The zero-order chi connectivity index (χ0) is 13.2. The molecule has 0 N–H and O–H groups in total. The quantitative estimate of drug-likeness (QED) is 0.746. The van der Waals surface area contributed by atoms with Crippen molar-refractivity contribution in [1.29, 1.82) is 0 Å². The SMILES string of the molecule is COC(=O)[C@@H]1[C@H](C)CCC[C@@]1(C)c1ccccc1. The van der Waals surface area contributed by atoms with Crippen molar-refractivity contribution >= 4 is 5.97 Å². The lowest BCUT2D eigenvalue weighted by atomic mass is 9.60. The molecule has 1 saturated carbocycles. The van der Waals surface area contributed by atoms with Crippen LogP contribution in [0.3, 0.4) is 0 Å². The molecule has 1 aliphatic carbocycles. The first kappa shape index (κ1) is 13.1. The van der Waals surface area contributed by atoms with Crippen LogP contribution in [0.2, 0.25) is 0 Å². The Labute approximate surface area is 109 Å². The summed E-state index contributed by atoms with van der Waals surface area (Å²) in [7, 11) is 1.50. The fourth-order valence-electron chi connectivity index (χ4n) is 3.50. The third-order valence-electron chi connectivity index (χ3n) is 4.50. The van der Waals surface area contributed by atoms with Crippen LogP contribution in [0, 0.1) is 11.8 Å². The van der Waals surface area contributed by atoms with E-state index >= 15 is 0 Å². The Morgan fingerprint density at radius 3 is 2.61 bits per heavy atom. The Bertz CT molecular complexity index is 412. The van der Waals surface area contributed by atoms with Gasteiger partial charge in [-0.15, -0.1) is 0 Å². The minimum absolute atomic E-state index is 0.0290. The van der Waals surface area contributed by atoms with Crippen molar-refractivity contribution < 1.29 is 9.53 Å². The highest BCUT2D eigenvalue weighted by Crippen LogP contribution is 2.46. The fourth-order valence-corrected chi connectivity index (χ4v) is 3.50. The standard InChI is InChI=1S/C16H22O2/c1-12-8-7-11-16(2,14(12)15(17)18-3)13-9-5-4-6-10-13/h4-6,9-10,12,14H,7-8,11H2,1-3H3/t12-,14+,16+/m1/s1. The Hall–Kier alpha value is -1.31. The molecule has 0 aliphatic heterocycles. The van der Waals surface area contributed by atoms with E-state index in [2.05, 4.69) is 26.0 Å². The second kappa shape index (κ2) is 5.13. The van der Waals surface area contributed by atoms with Crippen molar-refractivity contribution in [3.63, 3.8) is 0 Å². The van der Waals surface area contributed by atoms with Crippen LogP contribution < -0.4 is 0 Å². The van der Waals surface area contributed by atoms with Crippen LogP contribution in [0.5, 0.6) is 0 Å². The summed E-state index contributed by atoms with van der Waals surface area (Å²) < 4.78 is 5.04. The second-order valence-electron chi connectivity index (χ2n) is 5.65. The van der Waals surface area contributed by atoms with Gasteiger partial charge in [0.25, 0.3) is 0 Å². The number of methoxy groups -OCH3 is 1. The molecule has 1 aliphatic rings. The minimum Gasteiger partial charge on any atom is -0.469 e. The largest absolute Gasteiger partial charge is 0.469 e. The molecule has 2 nitrogen and oxygen atoms in total. The van der Waals surface area contributed by atoms with Crippen molar-refractivity contribution in [2.24, 2.45) is 11.8 Å². The first-order valence-corrected chi connectivity index (χ1v) is 6.73. The van der Waals surface area contributed by atoms with Crippen molar-refractivity contribution in [1.82, 2.24) is 0 Å². The maximum absolute atomic E-state index is 12.1. The molecule has 2 rings (SSSR count). The molecule has 1 aromatic carbocycles. The van der Waals surface area contributed by atoms with Crippen LogP contribution in [0.4, 0.5) is 0 Å². The van der Waals surface area contributed by atoms with Gasteiger partial charge in [-0.3, -0.25) is 4.79 Å². The summed E-state index contributed by atoms with van der Waals surface area (Å²) in [6.07, 6.45) is 3.35. The van der Waals surface area contributed by atoms with Crippen molar-refractivity contribution in [3.8, 4) is 0 Å². The Morgan fingerprint density at radius 1 is 1.33 bits per heavy atom. The normalized spacial score (nSPS) is 31.9. The number of rotatable bonds is 2. The number of carbonyl (C=O) groups is 1. The van der Waals surface area contributed by atoms with E-state index in [0.29, 0.717) is 5.92 Å². The van der Waals surface area contributed by atoms with E-state index in [1.165, 1.54) is 19.1 Å². The molecule has 18 heavy (non-hydrogen) atoms. The summed E-state index contributed by atoms with van der Waals surface area (Å²) in [6, 6.07) is 10.4. The Kier molecular flexibility index (Phi) is 3.74. The van der Waals surface area contributed by atoms with E-state index in [9.17, 15) is 4.79 Å². The third-order valence-corrected chi connectivity index (χ3v) is 4.50. The van der Waals surface area contributed by atoms with E-state index in [1.54, 1.807) is 0 Å². The molecule has 1 fully saturated rings. The molecule has 0 aromatic heterocycles. The van der Waals surface area contributed by atoms with Gasteiger partial charge in [-0.1, -0.05) is 50.6 Å². The molecular weight excluding hydrogens is 224 g/mol. The van der Waals surface area contributed by atoms with Crippen LogP contribution in [0.15, 0.2) is 30.3 Å². The maximum Gasteiger partial charge on any atom is 0.309 e. The van der Waals surface area contributed by atoms with Gasteiger partial charge in [0, 0.05) is 5.41 Å². The lowest BCUT2D eigenvalue weighted by molar-refractivity contribution is -0.151. The van der Waals surface area contributed by atoms with E-state index in [-0.39, 0.29) is 17.3 Å². The van der Waals surface area contributed by atoms with Crippen LogP contribution in [0.25, 0.3) is 0 Å². The fraction of sp³-hybridized carbons (Fsp3) is 0.562. The van der Waals surface area contributed by atoms with Crippen molar-refractivity contribution in [3.05, 3.63) is 35.9 Å². The van der Waals surface area contributed by atoms with Crippen LogP contribution >= 0.6 is 0 Å². The molecule has 0 bridgehead atoms. The summed E-state index contributed by atoms with van der Waals surface area (Å²) >= 11 is 0. The van der Waals surface area contributed by atoms with Gasteiger partial charge in [0.05, 0.1) is 13.0 Å². The number of esters is 1. The highest BCUT2D eigenvalue weighted by molar-refractivity contribution is 5.75. The highest BCUT2D eigenvalue weighted by Gasteiger charge is 2.46. The third kappa shape index (κ3) is 2.16. The van der Waals surface area contributed by atoms with Gasteiger partial charge < -0.3 is 4.74 Å². The number of benzene rings is 1. The molecule has 98 valence electrons. The average molecular weight is 246 g/mol. The van der Waals surface area contributed by atoms with Gasteiger partial charge in [-0.2, -0.15) is 0 Å². The molecule has 1 aromatic rings. The topological polar surface area (TPSA) is 26.3 Å². The first-order chi connectivity index (χ1) is 8.59. The van der Waals surface area contributed by atoms with Crippen LogP contribution in [0.1, 0.15) is 38.7 Å². The summed E-state index contributed by atoms with van der Waals surface area (Å²) in [6.45, 7) is 4.38. The Morgan fingerprint density at radius 2 is 2.00 bits per heavy atom. The molecule has 0 heterocycles. The molecule has 0 saturated heterocycles. The van der Waals surface area contributed by atoms with E-state index < -0.39 is 0 Å². The maximum atomic E-state index is 12.1.